The molecule has 0 spiro atoms. The molecular weight excluding hydrogens is 458 g/mol. The van der Waals surface area contributed by atoms with Crippen molar-refractivity contribution in [2.24, 2.45) is 4.99 Å². The van der Waals surface area contributed by atoms with Crippen LogP contribution >= 0.6 is 15.9 Å². The minimum Gasteiger partial charge on any atom is -0.463 e. The molecule has 0 aromatic heterocycles. The molecule has 0 bridgehead atoms. The van der Waals surface area contributed by atoms with E-state index in [0.29, 0.717) is 21.4 Å². The number of anilines is 2. The van der Waals surface area contributed by atoms with Crippen molar-refractivity contribution in [1.29, 1.82) is 0 Å². The molecule has 30 heavy (non-hydrogen) atoms. The van der Waals surface area contributed by atoms with Gasteiger partial charge in [-0.1, -0.05) is 28.1 Å². The van der Waals surface area contributed by atoms with Crippen molar-refractivity contribution in [3.05, 3.63) is 62.6 Å². The monoisotopic (exact) mass is 475 g/mol. The second kappa shape index (κ2) is 8.11. The Morgan fingerprint density at radius 1 is 1.37 bits per heavy atom. The molecule has 3 N–H and O–H groups in total. The van der Waals surface area contributed by atoms with Crippen molar-refractivity contribution < 1.29 is 19.6 Å². The summed E-state index contributed by atoms with van der Waals surface area (Å²) in [5.74, 6) is -0.362. The van der Waals surface area contributed by atoms with E-state index in [2.05, 4.69) is 31.6 Å². The van der Waals surface area contributed by atoms with Crippen LogP contribution in [0, 0.1) is 10.1 Å². The molecule has 2 aromatic carbocycles. The molecule has 0 saturated carbocycles. The predicted molar refractivity (Wildman–Crippen MR) is 114 cm³/mol. The highest BCUT2D eigenvalue weighted by atomic mass is 79.9. The summed E-state index contributed by atoms with van der Waals surface area (Å²) < 4.78 is 0.677. The topological polar surface area (TPSA) is 137 Å². The second-order valence-corrected chi connectivity index (χ2v) is 7.84. The number of carbonyl (C=O) groups is 2. The van der Waals surface area contributed by atoms with Crippen molar-refractivity contribution in [3.8, 4) is 0 Å². The molecule has 2 aromatic rings. The number of halogens is 1. The second-order valence-electron chi connectivity index (χ2n) is 6.93. The SMILES string of the molecule is CN1C(=O)C[C@@](C)(c2cccc(Nc3cc(Br)ccc3[N+](=O)[O-])c2)N/C1=N\C(=O)O. The molecule has 1 heterocycles. The summed E-state index contributed by atoms with van der Waals surface area (Å²) in [6.07, 6.45) is -1.35. The Kier molecular flexibility index (Phi) is 5.74. The normalized spacial score (nSPS) is 20.0. The number of nitro groups is 1. The van der Waals surface area contributed by atoms with E-state index in [1.807, 2.05) is 0 Å². The Morgan fingerprint density at radius 3 is 2.77 bits per heavy atom. The van der Waals surface area contributed by atoms with E-state index in [9.17, 15) is 19.7 Å². The summed E-state index contributed by atoms with van der Waals surface area (Å²) >= 11 is 3.31. The van der Waals surface area contributed by atoms with Gasteiger partial charge in [0.2, 0.25) is 11.9 Å². The van der Waals surface area contributed by atoms with Crippen molar-refractivity contribution in [3.63, 3.8) is 0 Å². The van der Waals surface area contributed by atoms with Gasteiger partial charge in [-0.15, -0.1) is 4.99 Å². The molecule has 156 valence electrons. The van der Waals surface area contributed by atoms with Gasteiger partial charge in [-0.25, -0.2) is 4.79 Å². The minimum atomic E-state index is -1.42. The Morgan fingerprint density at radius 2 is 2.10 bits per heavy atom. The summed E-state index contributed by atoms with van der Waals surface area (Å²) in [5.41, 5.74) is 0.554. The van der Waals surface area contributed by atoms with E-state index in [4.69, 9.17) is 5.11 Å². The van der Waals surface area contributed by atoms with Crippen LogP contribution in [0.25, 0.3) is 0 Å². The van der Waals surface area contributed by atoms with Crippen molar-refractivity contribution in [1.82, 2.24) is 10.2 Å². The zero-order valence-electron chi connectivity index (χ0n) is 16.0. The summed E-state index contributed by atoms with van der Waals surface area (Å²) in [4.78, 5) is 38.9. The number of carboxylic acid groups (broad SMARTS) is 1. The highest BCUT2D eigenvalue weighted by Gasteiger charge is 2.39. The van der Waals surface area contributed by atoms with Gasteiger partial charge in [0, 0.05) is 23.3 Å². The number of nitro benzene ring substituents is 1. The van der Waals surface area contributed by atoms with Crippen molar-refractivity contribution in [2.45, 2.75) is 18.9 Å². The lowest BCUT2D eigenvalue weighted by Crippen LogP contribution is -2.58. The average Bonchev–Trinajstić information content (AvgIpc) is 2.65. The molecule has 1 saturated heterocycles. The molecule has 0 aliphatic carbocycles. The van der Waals surface area contributed by atoms with Crippen LogP contribution in [0.4, 0.5) is 21.9 Å². The fraction of sp³-hybridized carbons (Fsp3) is 0.211. The molecule has 10 nitrogen and oxygen atoms in total. The predicted octanol–water partition coefficient (Wildman–Crippen LogP) is 3.80. The first-order valence-electron chi connectivity index (χ1n) is 8.77. The first-order valence-corrected chi connectivity index (χ1v) is 9.56. The number of nitrogens with one attached hydrogen (secondary N) is 2. The average molecular weight is 476 g/mol. The highest BCUT2D eigenvalue weighted by Crippen LogP contribution is 2.34. The Bertz CT molecular complexity index is 1070. The third-order valence-corrected chi connectivity index (χ3v) is 5.21. The van der Waals surface area contributed by atoms with Crippen LogP contribution in [0.1, 0.15) is 18.9 Å². The lowest BCUT2D eigenvalue weighted by Gasteiger charge is -2.40. The zero-order chi connectivity index (χ0) is 22.1. The number of hydrogen-bond acceptors (Lipinski definition) is 5. The van der Waals surface area contributed by atoms with E-state index in [1.165, 1.54) is 13.1 Å². The van der Waals surface area contributed by atoms with Crippen LogP contribution in [0.3, 0.4) is 0 Å². The molecule has 3 rings (SSSR count). The van der Waals surface area contributed by atoms with Crippen LogP contribution < -0.4 is 10.6 Å². The third kappa shape index (κ3) is 4.40. The molecule has 1 fully saturated rings. The third-order valence-electron chi connectivity index (χ3n) is 4.72. The molecule has 0 unspecified atom stereocenters. The largest absolute Gasteiger partial charge is 0.463 e. The van der Waals surface area contributed by atoms with Crippen LogP contribution in [0.2, 0.25) is 0 Å². The number of rotatable bonds is 4. The van der Waals surface area contributed by atoms with Gasteiger partial charge in [0.05, 0.1) is 16.9 Å². The van der Waals surface area contributed by atoms with E-state index < -0.39 is 16.6 Å². The van der Waals surface area contributed by atoms with Gasteiger partial charge in [-0.2, -0.15) is 0 Å². The molecule has 1 atom stereocenters. The maximum Gasteiger partial charge on any atom is 0.434 e. The first-order chi connectivity index (χ1) is 14.1. The van der Waals surface area contributed by atoms with E-state index in [1.54, 1.807) is 43.3 Å². The molecular formula is C19H18BrN5O5. The smallest absolute Gasteiger partial charge is 0.434 e. The van der Waals surface area contributed by atoms with Gasteiger partial charge in [-0.3, -0.25) is 19.8 Å². The quantitative estimate of drug-likeness (QED) is 0.451. The molecule has 1 aliphatic rings. The fourth-order valence-electron chi connectivity index (χ4n) is 3.14. The number of nitrogens with zero attached hydrogens (tertiary/aromatic N) is 3. The maximum absolute atomic E-state index is 12.4. The van der Waals surface area contributed by atoms with Gasteiger partial charge in [0.15, 0.2) is 0 Å². The van der Waals surface area contributed by atoms with Gasteiger partial charge in [0.1, 0.15) is 5.69 Å². The van der Waals surface area contributed by atoms with E-state index in [-0.39, 0.29) is 24.0 Å². The number of carbonyl (C=O) groups excluding carboxylic acids is 1. The Balaban J connectivity index is 1.96. The van der Waals surface area contributed by atoms with Crippen molar-refractivity contribution >= 4 is 51.0 Å². The van der Waals surface area contributed by atoms with Crippen LogP contribution in [-0.4, -0.2) is 39.9 Å². The highest BCUT2D eigenvalue weighted by molar-refractivity contribution is 9.10. The van der Waals surface area contributed by atoms with Crippen LogP contribution in [0.15, 0.2) is 51.9 Å². The maximum atomic E-state index is 12.4. The number of benzene rings is 2. The number of amides is 2. The molecule has 1 aliphatic heterocycles. The van der Waals surface area contributed by atoms with E-state index >= 15 is 0 Å². The summed E-state index contributed by atoms with van der Waals surface area (Å²) in [6.45, 7) is 1.76. The number of hydrogen-bond donors (Lipinski definition) is 3. The zero-order valence-corrected chi connectivity index (χ0v) is 17.6. The minimum absolute atomic E-state index is 0.0674. The lowest BCUT2D eigenvalue weighted by molar-refractivity contribution is -0.383. The van der Waals surface area contributed by atoms with Crippen molar-refractivity contribution in [2.75, 3.05) is 12.4 Å². The number of guanidine groups is 1. The number of aliphatic imine (C=N–C) groups is 1. The Labute approximate surface area is 179 Å². The van der Waals surface area contributed by atoms with Crippen LogP contribution in [-0.2, 0) is 10.3 Å². The molecule has 2 amide bonds. The summed E-state index contributed by atoms with van der Waals surface area (Å²) in [6, 6.07) is 11.6. The molecule has 0 radical (unpaired) electrons. The van der Waals surface area contributed by atoms with Gasteiger partial charge in [0.25, 0.3) is 5.69 Å². The van der Waals surface area contributed by atoms with Gasteiger partial charge >= 0.3 is 6.09 Å². The first kappa shape index (κ1) is 21.2. The van der Waals surface area contributed by atoms with E-state index in [0.717, 1.165) is 4.90 Å². The fourth-order valence-corrected chi connectivity index (χ4v) is 3.51. The van der Waals surface area contributed by atoms with Gasteiger partial charge < -0.3 is 15.7 Å². The lowest BCUT2D eigenvalue weighted by atomic mass is 9.86. The standard InChI is InChI=1S/C19H18BrN5O5/c1-19(10-16(26)24(2)17(23-19)22-18(27)28)11-4-3-5-13(8-11)21-14-9-12(20)6-7-15(14)25(29)30/h3-9,21H,10H2,1-2H3,(H,22,23)(H,27,28)/t19-/m0/s1. The van der Waals surface area contributed by atoms with Gasteiger partial charge in [-0.05, 0) is 36.8 Å². The molecule has 11 heteroatoms. The summed E-state index contributed by atoms with van der Waals surface area (Å²) in [7, 11) is 1.45. The Hall–Kier alpha value is -3.47. The van der Waals surface area contributed by atoms with Crippen LogP contribution in [0.5, 0.6) is 0 Å². The summed E-state index contributed by atoms with van der Waals surface area (Å²) in [5, 5.41) is 26.3.